The summed E-state index contributed by atoms with van der Waals surface area (Å²) in [7, 11) is 0. The minimum absolute atomic E-state index is 0.0832. The number of thiocarbonyl (C=S) groups is 1. The van der Waals surface area contributed by atoms with Gasteiger partial charge in [-0.25, -0.2) is 0 Å². The number of hydrogen-bond donors (Lipinski definition) is 2. The summed E-state index contributed by atoms with van der Waals surface area (Å²) in [5.41, 5.74) is -0.768. The maximum absolute atomic E-state index is 12.2. The van der Waals surface area contributed by atoms with Gasteiger partial charge in [0.2, 0.25) is 0 Å². The monoisotopic (exact) mass is 428 g/mol. The van der Waals surface area contributed by atoms with Crippen molar-refractivity contribution < 1.29 is 14.6 Å². The molecule has 0 radical (unpaired) electrons. The maximum atomic E-state index is 12.2. The molecule has 0 fully saturated rings. The van der Waals surface area contributed by atoms with Gasteiger partial charge >= 0.3 is 0 Å². The minimum atomic E-state index is -0.832. The number of non-ortho nitro benzene ring substituents is 2. The Morgan fingerprint density at radius 2 is 1.63 bits per heavy atom. The SMILES string of the molecule is O=C(NC(=S)NCc1ccc(Cl)cc1Cl)c1cc([N+](=O)[O-])cc([N+](=O)[O-])c1. The molecule has 140 valence electrons. The highest BCUT2D eigenvalue weighted by atomic mass is 35.5. The van der Waals surface area contributed by atoms with Crippen LogP contribution in [0.1, 0.15) is 15.9 Å². The van der Waals surface area contributed by atoms with Gasteiger partial charge in [0.15, 0.2) is 5.11 Å². The molecule has 0 aliphatic rings. The highest BCUT2D eigenvalue weighted by molar-refractivity contribution is 7.80. The molecule has 0 saturated carbocycles. The molecular formula is C15H10Cl2N4O5S. The van der Waals surface area contributed by atoms with Gasteiger partial charge in [-0.15, -0.1) is 0 Å². The standard InChI is InChI=1S/C15H10Cl2N4O5S/c16-10-2-1-8(13(17)5-10)7-18-15(27)19-14(22)9-3-11(20(23)24)6-12(4-9)21(25)26/h1-6H,7H2,(H2,18,19,22,27). The zero-order chi connectivity index (χ0) is 20.1. The molecular weight excluding hydrogens is 419 g/mol. The molecule has 0 heterocycles. The molecule has 27 heavy (non-hydrogen) atoms. The lowest BCUT2D eigenvalue weighted by molar-refractivity contribution is -0.394. The number of carbonyl (C=O) groups is 1. The number of nitrogens with one attached hydrogen (secondary N) is 2. The van der Waals surface area contributed by atoms with E-state index < -0.39 is 27.1 Å². The Morgan fingerprint density at radius 3 is 2.15 bits per heavy atom. The molecule has 1 amide bonds. The van der Waals surface area contributed by atoms with E-state index in [1.54, 1.807) is 18.2 Å². The van der Waals surface area contributed by atoms with Crippen molar-refractivity contribution >= 4 is 57.8 Å². The van der Waals surface area contributed by atoms with Crippen LogP contribution in [0.15, 0.2) is 36.4 Å². The van der Waals surface area contributed by atoms with Gasteiger partial charge in [-0.2, -0.15) is 0 Å². The normalized spacial score (nSPS) is 10.1. The third kappa shape index (κ3) is 5.58. The van der Waals surface area contributed by atoms with Crippen molar-refractivity contribution in [3.05, 3.63) is 77.8 Å². The zero-order valence-corrected chi connectivity index (χ0v) is 15.6. The van der Waals surface area contributed by atoms with E-state index in [-0.39, 0.29) is 17.2 Å². The summed E-state index contributed by atoms with van der Waals surface area (Å²) >= 11 is 16.8. The number of halogens is 2. The second-order valence-electron chi connectivity index (χ2n) is 5.12. The van der Waals surface area contributed by atoms with Crippen molar-refractivity contribution in [2.75, 3.05) is 0 Å². The van der Waals surface area contributed by atoms with Crippen LogP contribution in [0.25, 0.3) is 0 Å². The van der Waals surface area contributed by atoms with Gasteiger partial charge in [0.25, 0.3) is 17.3 Å². The molecule has 2 rings (SSSR count). The van der Waals surface area contributed by atoms with Gasteiger partial charge in [-0.3, -0.25) is 30.3 Å². The molecule has 0 bridgehead atoms. The first kappa shape index (κ1) is 20.5. The van der Waals surface area contributed by atoms with E-state index in [1.165, 1.54) is 0 Å². The molecule has 0 aliphatic carbocycles. The second kappa shape index (κ2) is 8.71. The van der Waals surface area contributed by atoms with Gasteiger partial charge in [-0.1, -0.05) is 29.3 Å². The van der Waals surface area contributed by atoms with E-state index in [4.69, 9.17) is 35.4 Å². The summed E-state index contributed by atoms with van der Waals surface area (Å²) < 4.78 is 0. The number of nitro benzene ring substituents is 2. The van der Waals surface area contributed by atoms with Gasteiger partial charge in [-0.05, 0) is 29.9 Å². The van der Waals surface area contributed by atoms with Crippen LogP contribution in [0.2, 0.25) is 10.0 Å². The number of benzene rings is 2. The molecule has 2 N–H and O–H groups in total. The van der Waals surface area contributed by atoms with Crippen LogP contribution in [0.4, 0.5) is 11.4 Å². The Labute approximate surface area is 167 Å². The fourth-order valence-electron chi connectivity index (χ4n) is 2.00. The fraction of sp³-hybridized carbons (Fsp3) is 0.0667. The molecule has 0 aliphatic heterocycles. The largest absolute Gasteiger partial charge is 0.358 e. The molecule has 2 aromatic rings. The lowest BCUT2D eigenvalue weighted by Gasteiger charge is -2.11. The average Bonchev–Trinajstić information content (AvgIpc) is 2.60. The van der Waals surface area contributed by atoms with Crippen molar-refractivity contribution in [3.8, 4) is 0 Å². The first-order chi connectivity index (χ1) is 12.7. The van der Waals surface area contributed by atoms with Crippen molar-refractivity contribution in [1.29, 1.82) is 0 Å². The van der Waals surface area contributed by atoms with Crippen molar-refractivity contribution in [2.45, 2.75) is 6.54 Å². The summed E-state index contributed by atoms with van der Waals surface area (Å²) in [6.45, 7) is 0.185. The molecule has 0 saturated heterocycles. The van der Waals surface area contributed by atoms with Crippen LogP contribution in [-0.4, -0.2) is 20.9 Å². The molecule has 0 spiro atoms. The van der Waals surface area contributed by atoms with Crippen LogP contribution >= 0.6 is 35.4 Å². The summed E-state index contributed by atoms with van der Waals surface area (Å²) in [6.07, 6.45) is 0. The Morgan fingerprint density at radius 1 is 1.04 bits per heavy atom. The van der Waals surface area contributed by atoms with E-state index in [1.807, 2.05) is 0 Å². The lowest BCUT2D eigenvalue weighted by Crippen LogP contribution is -2.38. The quantitative estimate of drug-likeness (QED) is 0.422. The fourth-order valence-corrected chi connectivity index (χ4v) is 2.64. The molecule has 0 unspecified atom stereocenters. The Hall–Kier alpha value is -2.82. The Kier molecular flexibility index (Phi) is 6.61. The predicted molar refractivity (Wildman–Crippen MR) is 103 cm³/mol. The van der Waals surface area contributed by atoms with E-state index in [0.717, 1.165) is 18.2 Å². The summed E-state index contributed by atoms with van der Waals surface area (Å²) in [4.78, 5) is 32.3. The Bertz CT molecular complexity index is 922. The first-order valence-corrected chi connectivity index (χ1v) is 8.31. The van der Waals surface area contributed by atoms with Crippen molar-refractivity contribution in [1.82, 2.24) is 10.6 Å². The molecule has 0 aromatic heterocycles. The molecule has 2 aromatic carbocycles. The summed E-state index contributed by atoms with van der Waals surface area (Å²) in [6, 6.07) is 7.45. The lowest BCUT2D eigenvalue weighted by atomic mass is 10.1. The summed E-state index contributed by atoms with van der Waals surface area (Å²) in [5, 5.41) is 27.6. The number of nitrogens with zero attached hydrogens (tertiary/aromatic N) is 2. The van der Waals surface area contributed by atoms with E-state index in [0.29, 0.717) is 15.6 Å². The smallest absolute Gasteiger partial charge is 0.277 e. The van der Waals surface area contributed by atoms with Crippen LogP contribution < -0.4 is 10.6 Å². The molecule has 9 nitrogen and oxygen atoms in total. The third-order valence-electron chi connectivity index (χ3n) is 3.27. The van der Waals surface area contributed by atoms with E-state index >= 15 is 0 Å². The van der Waals surface area contributed by atoms with Gasteiger partial charge in [0, 0.05) is 28.7 Å². The van der Waals surface area contributed by atoms with Crippen LogP contribution in [0.3, 0.4) is 0 Å². The Balaban J connectivity index is 2.08. The molecule has 12 heteroatoms. The van der Waals surface area contributed by atoms with Gasteiger partial charge in [0.1, 0.15) is 0 Å². The van der Waals surface area contributed by atoms with Gasteiger partial charge in [0.05, 0.1) is 21.5 Å². The summed E-state index contributed by atoms with van der Waals surface area (Å²) in [5.74, 6) is -0.832. The van der Waals surface area contributed by atoms with Crippen LogP contribution in [-0.2, 0) is 6.54 Å². The maximum Gasteiger partial charge on any atom is 0.277 e. The van der Waals surface area contributed by atoms with Crippen LogP contribution in [0, 0.1) is 20.2 Å². The average molecular weight is 429 g/mol. The topological polar surface area (TPSA) is 127 Å². The number of carbonyl (C=O) groups excluding carboxylic acids is 1. The molecule has 0 atom stereocenters. The minimum Gasteiger partial charge on any atom is -0.358 e. The van der Waals surface area contributed by atoms with Crippen LogP contribution in [0.5, 0.6) is 0 Å². The third-order valence-corrected chi connectivity index (χ3v) is 4.10. The first-order valence-electron chi connectivity index (χ1n) is 7.14. The van der Waals surface area contributed by atoms with E-state index in [2.05, 4.69) is 10.6 Å². The number of hydrogen-bond acceptors (Lipinski definition) is 6. The van der Waals surface area contributed by atoms with E-state index in [9.17, 15) is 25.0 Å². The second-order valence-corrected chi connectivity index (χ2v) is 6.38. The number of amides is 1. The highest BCUT2D eigenvalue weighted by Gasteiger charge is 2.20. The van der Waals surface area contributed by atoms with Gasteiger partial charge < -0.3 is 5.32 Å². The number of nitro groups is 2. The highest BCUT2D eigenvalue weighted by Crippen LogP contribution is 2.23. The van der Waals surface area contributed by atoms with Crippen molar-refractivity contribution in [3.63, 3.8) is 0 Å². The van der Waals surface area contributed by atoms with Crippen molar-refractivity contribution in [2.24, 2.45) is 0 Å². The zero-order valence-electron chi connectivity index (χ0n) is 13.3. The predicted octanol–water partition coefficient (Wildman–Crippen LogP) is 3.61. The number of rotatable bonds is 5.